The molecule has 0 aliphatic carbocycles. The number of Topliss-reactive ketones (excluding diaryl/α,β-unsaturated/α-hetero) is 1. The molecule has 0 bridgehead atoms. The lowest BCUT2D eigenvalue weighted by Gasteiger charge is -2.35. The molecule has 0 aromatic heterocycles. The summed E-state index contributed by atoms with van der Waals surface area (Å²) in [5, 5.41) is 41.8. The first-order chi connectivity index (χ1) is 36.6. The van der Waals surface area contributed by atoms with Crippen LogP contribution in [0.3, 0.4) is 0 Å². The van der Waals surface area contributed by atoms with Gasteiger partial charge in [0.05, 0.1) is 12.7 Å². The van der Waals surface area contributed by atoms with Crippen LogP contribution in [0.15, 0.2) is 0 Å². The van der Waals surface area contributed by atoms with E-state index in [0.29, 0.717) is 45.3 Å². The first-order valence-electron chi connectivity index (χ1n) is 28.9. The van der Waals surface area contributed by atoms with Gasteiger partial charge in [-0.25, -0.2) is 0 Å². The third kappa shape index (κ3) is 24.2. The van der Waals surface area contributed by atoms with Crippen molar-refractivity contribution < 1.29 is 58.2 Å². The van der Waals surface area contributed by atoms with E-state index in [0.717, 1.165) is 25.7 Å². The van der Waals surface area contributed by atoms with E-state index >= 15 is 0 Å². The Hall–Kier alpha value is -5.22. The highest BCUT2D eigenvalue weighted by atomic mass is 16.3. The molecule has 9 amide bonds. The smallest absolute Gasteiger partial charge is 0.246 e. The van der Waals surface area contributed by atoms with Crippen LogP contribution >= 0.6 is 0 Å². The molecule has 454 valence electrons. The summed E-state index contributed by atoms with van der Waals surface area (Å²) < 4.78 is 0. The van der Waals surface area contributed by atoms with Crippen LogP contribution in [0.2, 0.25) is 0 Å². The van der Waals surface area contributed by atoms with E-state index in [4.69, 9.17) is 0 Å². The maximum absolute atomic E-state index is 14.1. The fourth-order valence-electron chi connectivity index (χ4n) is 9.31. The number of hydrogen-bond acceptors (Lipinski definition) is 13. The lowest BCUT2D eigenvalue weighted by atomic mass is 9.92. The number of nitrogens with zero attached hydrogens (tertiary/aromatic N) is 2. The van der Waals surface area contributed by atoms with Crippen molar-refractivity contribution in [2.75, 3.05) is 33.3 Å². The molecular weight excluding hydrogens is 1020 g/mol. The predicted octanol–water partition coefficient (Wildman–Crippen LogP) is 2.50. The quantitative estimate of drug-likeness (QED) is 0.0404. The summed E-state index contributed by atoms with van der Waals surface area (Å²) in [5.41, 5.74) is -4.64. The van der Waals surface area contributed by atoms with Gasteiger partial charge in [-0.15, -0.1) is 0 Å². The number of amides is 9. The van der Waals surface area contributed by atoms with Crippen molar-refractivity contribution in [3.05, 3.63) is 0 Å². The summed E-state index contributed by atoms with van der Waals surface area (Å²) in [6, 6.07) is -5.98. The number of ketones is 1. The van der Waals surface area contributed by atoms with E-state index in [2.05, 4.69) is 49.5 Å². The summed E-state index contributed by atoms with van der Waals surface area (Å²) >= 11 is 0. The molecule has 1 saturated heterocycles. The van der Waals surface area contributed by atoms with Crippen LogP contribution in [-0.2, 0) is 47.9 Å². The first kappa shape index (κ1) is 71.8. The molecule has 79 heavy (non-hydrogen) atoms. The molecule has 1 aliphatic heterocycles. The molecule has 0 spiro atoms. The van der Waals surface area contributed by atoms with Crippen LogP contribution < -0.4 is 42.5 Å². The Bertz CT molecular complexity index is 2050. The Morgan fingerprint density at radius 3 is 1.81 bits per heavy atom. The van der Waals surface area contributed by atoms with Gasteiger partial charge in [-0.1, -0.05) is 87.5 Å². The Labute approximate surface area is 471 Å². The molecule has 1 heterocycles. The number of likely N-dealkylation sites (N-methyl/N-ethyl adjacent to an activating group) is 1. The van der Waals surface area contributed by atoms with E-state index < -0.39 is 112 Å². The van der Waals surface area contributed by atoms with Gasteiger partial charge in [-0.3, -0.25) is 47.9 Å². The summed E-state index contributed by atoms with van der Waals surface area (Å²) in [6.07, 6.45) is 5.59. The molecule has 22 nitrogen and oxygen atoms in total. The maximum Gasteiger partial charge on any atom is 0.246 e. The fraction of sp³-hybridized carbons (Fsp3) is 0.825. The number of carbonyl (C=O) groups excluding carboxylic acids is 10. The Morgan fingerprint density at radius 1 is 0.658 bits per heavy atom. The second-order valence-corrected chi connectivity index (χ2v) is 24.3. The van der Waals surface area contributed by atoms with Crippen molar-refractivity contribution in [2.45, 2.75) is 247 Å². The van der Waals surface area contributed by atoms with Crippen LogP contribution in [0.1, 0.15) is 188 Å². The lowest BCUT2D eigenvalue weighted by molar-refractivity contribution is -0.142. The Kier molecular flexibility index (Phi) is 30.5. The number of aliphatic hydroxyl groups is 2. The van der Waals surface area contributed by atoms with Gasteiger partial charge in [0.1, 0.15) is 52.6 Å². The van der Waals surface area contributed by atoms with Gasteiger partial charge in [0.15, 0.2) is 0 Å². The maximum atomic E-state index is 14.1. The average Bonchev–Trinajstić information content (AvgIpc) is 3.85. The van der Waals surface area contributed by atoms with Gasteiger partial charge in [0.25, 0.3) is 0 Å². The van der Waals surface area contributed by atoms with Crippen molar-refractivity contribution in [3.8, 4) is 0 Å². The molecule has 0 saturated carbocycles. The molecule has 10 unspecified atom stereocenters. The standard InChI is InChI=1S/C57H104N10O12/c1-18-21-22-23-25-37(8)51(76)67-27-24-26-43(67)48(73)60-42(31-35(6)30-41(70)32-40(69)20-3)47(72)59-39(10)46(71)63-55(11,12)53(78)62-44(34(4)5)49(74)61-45(36(7)19-2)50(75)64-57(15,16)54(79)65-56(13,14)52(77)58-38(9)33-66(17)28-29-68/h34-39,41-45,68,70H,18-33H2,1-17H3,(H,58,77)(H,59,72)(H,60,73)(H,61,74)(H,62,78)(H,63,71)(H,64,75)(H,65,79). The zero-order valence-corrected chi connectivity index (χ0v) is 51.0. The van der Waals surface area contributed by atoms with Crippen LogP contribution in [-0.4, -0.2) is 171 Å². The number of nitrogens with one attached hydrogen (secondary N) is 8. The largest absolute Gasteiger partial charge is 0.395 e. The first-order valence-corrected chi connectivity index (χ1v) is 28.9. The van der Waals surface area contributed by atoms with Crippen molar-refractivity contribution in [3.63, 3.8) is 0 Å². The van der Waals surface area contributed by atoms with Crippen LogP contribution in [0, 0.1) is 23.7 Å². The zero-order chi connectivity index (χ0) is 60.7. The minimum absolute atomic E-state index is 0.0293. The number of carbonyl (C=O) groups is 10. The molecule has 1 aliphatic rings. The number of hydrogen-bond donors (Lipinski definition) is 10. The van der Waals surface area contributed by atoms with Gasteiger partial charge in [0, 0.05) is 44.4 Å². The van der Waals surface area contributed by atoms with E-state index in [1.807, 2.05) is 18.7 Å². The van der Waals surface area contributed by atoms with Gasteiger partial charge < -0.3 is 62.5 Å². The van der Waals surface area contributed by atoms with Gasteiger partial charge in [-0.2, -0.15) is 0 Å². The molecule has 0 aromatic carbocycles. The second-order valence-electron chi connectivity index (χ2n) is 24.3. The van der Waals surface area contributed by atoms with Gasteiger partial charge in [-0.05, 0) is 112 Å². The molecule has 1 fully saturated rings. The third-order valence-electron chi connectivity index (χ3n) is 14.8. The summed E-state index contributed by atoms with van der Waals surface area (Å²) in [4.78, 5) is 140. The van der Waals surface area contributed by atoms with Crippen molar-refractivity contribution in [1.29, 1.82) is 0 Å². The molecule has 10 atom stereocenters. The minimum atomic E-state index is -1.67. The molecule has 1 rings (SSSR count). The van der Waals surface area contributed by atoms with Crippen molar-refractivity contribution >= 4 is 58.9 Å². The Morgan fingerprint density at radius 2 is 1.24 bits per heavy atom. The summed E-state index contributed by atoms with van der Waals surface area (Å²) in [6.45, 7) is 27.6. The average molecular weight is 1120 g/mol. The van der Waals surface area contributed by atoms with Crippen LogP contribution in [0.5, 0.6) is 0 Å². The van der Waals surface area contributed by atoms with Crippen LogP contribution in [0.25, 0.3) is 0 Å². The molecule has 0 radical (unpaired) electrons. The highest BCUT2D eigenvalue weighted by molar-refractivity contribution is 6.00. The number of rotatable bonds is 36. The number of aliphatic hydroxyl groups excluding tert-OH is 2. The van der Waals surface area contributed by atoms with E-state index in [1.165, 1.54) is 48.5 Å². The van der Waals surface area contributed by atoms with Crippen LogP contribution in [0.4, 0.5) is 0 Å². The molecule has 10 N–H and O–H groups in total. The van der Waals surface area contributed by atoms with Gasteiger partial charge >= 0.3 is 0 Å². The van der Waals surface area contributed by atoms with E-state index in [-0.39, 0.29) is 61.9 Å². The SMILES string of the molecule is CCCCCCC(C)C(=O)N1CCCC1C(=O)NC(CC(C)CC(O)CC(=O)CC)C(=O)NC(C)C(=O)NC(C)(C)C(=O)NC(C(=O)NC(C(=O)NC(C)(C)C(=O)NC(C)(C)C(=O)NC(C)CN(C)CCO)C(C)CC)C(C)C. The monoisotopic (exact) mass is 1120 g/mol. The highest BCUT2D eigenvalue weighted by Crippen LogP contribution is 2.24. The Balaban J connectivity index is 3.23. The normalized spacial score (nSPS) is 17.4. The van der Waals surface area contributed by atoms with Crippen molar-refractivity contribution in [2.24, 2.45) is 23.7 Å². The molecule has 22 heteroatoms. The summed E-state index contributed by atoms with van der Waals surface area (Å²) in [7, 11) is 1.80. The summed E-state index contributed by atoms with van der Waals surface area (Å²) in [5.74, 6) is -7.20. The third-order valence-corrected chi connectivity index (χ3v) is 14.8. The van der Waals surface area contributed by atoms with Gasteiger partial charge in [0.2, 0.25) is 53.2 Å². The second kappa shape index (κ2) is 33.5. The van der Waals surface area contributed by atoms with E-state index in [9.17, 15) is 58.2 Å². The predicted molar refractivity (Wildman–Crippen MR) is 304 cm³/mol. The number of likely N-dealkylation sites (tertiary alicyclic amines) is 1. The highest BCUT2D eigenvalue weighted by Gasteiger charge is 2.42. The van der Waals surface area contributed by atoms with Crippen molar-refractivity contribution in [1.82, 2.24) is 52.3 Å². The topological polar surface area (TPSA) is 314 Å². The molecule has 0 aromatic rings. The zero-order valence-electron chi connectivity index (χ0n) is 51.0. The number of unbranched alkanes of at least 4 members (excludes halogenated alkanes) is 3. The lowest BCUT2D eigenvalue weighted by Crippen LogP contribution is -2.66. The fourth-order valence-corrected chi connectivity index (χ4v) is 9.31. The minimum Gasteiger partial charge on any atom is -0.395 e. The van der Waals surface area contributed by atoms with E-state index in [1.54, 1.807) is 53.5 Å². The molecular formula is C57H104N10O12.